The van der Waals surface area contributed by atoms with E-state index >= 15 is 0 Å². The molecule has 1 unspecified atom stereocenters. The normalized spacial score (nSPS) is 17.8. The molecule has 128 valence electrons. The summed E-state index contributed by atoms with van der Waals surface area (Å²) in [6.07, 6.45) is 6.01. The highest BCUT2D eigenvalue weighted by molar-refractivity contribution is 5.60. The van der Waals surface area contributed by atoms with Crippen LogP contribution in [0.15, 0.2) is 30.3 Å². The van der Waals surface area contributed by atoms with Gasteiger partial charge in [0.1, 0.15) is 5.82 Å². The van der Waals surface area contributed by atoms with E-state index in [0.717, 1.165) is 30.2 Å². The Morgan fingerprint density at radius 1 is 1.17 bits per heavy atom. The molecule has 1 aliphatic rings. The Balaban J connectivity index is 1.88. The maximum absolute atomic E-state index is 4.83. The molecule has 0 bridgehead atoms. The lowest BCUT2D eigenvalue weighted by molar-refractivity contribution is 0.446. The van der Waals surface area contributed by atoms with Crippen molar-refractivity contribution >= 4 is 17.5 Å². The SMILES string of the molecule is CCc1ccccc1Nc1nc(C)cc(N2CCCCC2CC)n1. The number of aromatic nitrogens is 2. The van der Waals surface area contributed by atoms with Crippen LogP contribution in [0.3, 0.4) is 0 Å². The number of rotatable bonds is 5. The standard InChI is InChI=1S/C20H28N4/c1-4-16-10-6-7-12-18(16)22-20-21-15(3)14-19(23-20)24-13-9-8-11-17(24)5-2/h6-7,10,12,14,17H,4-5,8-9,11,13H2,1-3H3,(H,21,22,23). The largest absolute Gasteiger partial charge is 0.353 e. The van der Waals surface area contributed by atoms with Crippen molar-refractivity contribution in [3.63, 3.8) is 0 Å². The Morgan fingerprint density at radius 3 is 2.79 bits per heavy atom. The second kappa shape index (κ2) is 7.65. The summed E-state index contributed by atoms with van der Waals surface area (Å²) in [6, 6.07) is 11.1. The summed E-state index contributed by atoms with van der Waals surface area (Å²) >= 11 is 0. The molecule has 1 atom stereocenters. The van der Waals surface area contributed by atoms with Crippen molar-refractivity contribution in [2.24, 2.45) is 0 Å². The Kier molecular flexibility index (Phi) is 5.34. The van der Waals surface area contributed by atoms with Crippen LogP contribution in [0.25, 0.3) is 0 Å². The van der Waals surface area contributed by atoms with Gasteiger partial charge in [0.25, 0.3) is 0 Å². The topological polar surface area (TPSA) is 41.1 Å². The third-order valence-electron chi connectivity index (χ3n) is 4.88. The van der Waals surface area contributed by atoms with E-state index in [1.807, 2.05) is 6.92 Å². The van der Waals surface area contributed by atoms with E-state index in [1.54, 1.807) is 0 Å². The minimum Gasteiger partial charge on any atom is -0.353 e. The second-order valence-electron chi connectivity index (χ2n) is 6.58. The van der Waals surface area contributed by atoms with E-state index < -0.39 is 0 Å². The van der Waals surface area contributed by atoms with E-state index in [4.69, 9.17) is 4.98 Å². The highest BCUT2D eigenvalue weighted by Crippen LogP contribution is 2.27. The minimum atomic E-state index is 0.601. The van der Waals surface area contributed by atoms with Gasteiger partial charge in [0.2, 0.25) is 5.95 Å². The average molecular weight is 324 g/mol. The number of nitrogens with zero attached hydrogens (tertiary/aromatic N) is 3. The van der Waals surface area contributed by atoms with Gasteiger partial charge in [0.15, 0.2) is 0 Å². The van der Waals surface area contributed by atoms with Gasteiger partial charge in [0, 0.05) is 30.0 Å². The molecule has 1 fully saturated rings. The van der Waals surface area contributed by atoms with Crippen molar-refractivity contribution in [1.29, 1.82) is 0 Å². The van der Waals surface area contributed by atoms with Crippen LogP contribution in [0.2, 0.25) is 0 Å². The molecule has 3 rings (SSSR count). The average Bonchev–Trinajstić information content (AvgIpc) is 2.61. The van der Waals surface area contributed by atoms with Crippen molar-refractivity contribution in [3.05, 3.63) is 41.6 Å². The van der Waals surface area contributed by atoms with Crippen molar-refractivity contribution in [2.75, 3.05) is 16.8 Å². The van der Waals surface area contributed by atoms with E-state index in [9.17, 15) is 0 Å². The zero-order valence-corrected chi connectivity index (χ0v) is 15.0. The first-order valence-corrected chi connectivity index (χ1v) is 9.18. The molecule has 0 saturated carbocycles. The molecule has 0 radical (unpaired) electrons. The summed E-state index contributed by atoms with van der Waals surface area (Å²) in [5.74, 6) is 1.76. The fourth-order valence-corrected chi connectivity index (χ4v) is 3.55. The number of para-hydroxylation sites is 1. The lowest BCUT2D eigenvalue weighted by Gasteiger charge is -2.36. The number of piperidine rings is 1. The number of aryl methyl sites for hydroxylation is 2. The number of benzene rings is 1. The quantitative estimate of drug-likeness (QED) is 0.852. The van der Waals surface area contributed by atoms with Crippen LogP contribution >= 0.6 is 0 Å². The fourth-order valence-electron chi connectivity index (χ4n) is 3.55. The molecule has 2 heterocycles. The molecule has 1 saturated heterocycles. The molecule has 24 heavy (non-hydrogen) atoms. The minimum absolute atomic E-state index is 0.601. The molecule has 1 aromatic carbocycles. The maximum Gasteiger partial charge on any atom is 0.229 e. The monoisotopic (exact) mass is 324 g/mol. The van der Waals surface area contributed by atoms with Crippen molar-refractivity contribution < 1.29 is 0 Å². The van der Waals surface area contributed by atoms with Crippen LogP contribution in [-0.4, -0.2) is 22.6 Å². The fraction of sp³-hybridized carbons (Fsp3) is 0.500. The van der Waals surface area contributed by atoms with Gasteiger partial charge in [-0.2, -0.15) is 4.98 Å². The van der Waals surface area contributed by atoms with Gasteiger partial charge in [0.05, 0.1) is 0 Å². The molecule has 1 aromatic heterocycles. The van der Waals surface area contributed by atoms with Crippen LogP contribution in [0.4, 0.5) is 17.5 Å². The van der Waals surface area contributed by atoms with E-state index in [-0.39, 0.29) is 0 Å². The smallest absolute Gasteiger partial charge is 0.229 e. The molecule has 1 aliphatic heterocycles. The second-order valence-corrected chi connectivity index (χ2v) is 6.58. The molecule has 0 amide bonds. The third-order valence-corrected chi connectivity index (χ3v) is 4.88. The molecule has 1 N–H and O–H groups in total. The molecule has 4 nitrogen and oxygen atoms in total. The third kappa shape index (κ3) is 3.69. The first-order chi connectivity index (χ1) is 11.7. The molecule has 0 spiro atoms. The summed E-state index contributed by atoms with van der Waals surface area (Å²) in [5, 5.41) is 3.43. The van der Waals surface area contributed by atoms with Crippen LogP contribution in [-0.2, 0) is 6.42 Å². The van der Waals surface area contributed by atoms with Crippen molar-refractivity contribution in [2.45, 2.75) is 58.9 Å². The van der Waals surface area contributed by atoms with Gasteiger partial charge in [-0.3, -0.25) is 0 Å². The zero-order valence-electron chi connectivity index (χ0n) is 15.0. The summed E-state index contributed by atoms with van der Waals surface area (Å²) in [4.78, 5) is 11.9. The van der Waals surface area contributed by atoms with E-state index in [1.165, 1.54) is 31.2 Å². The van der Waals surface area contributed by atoms with Gasteiger partial charge in [-0.1, -0.05) is 32.0 Å². The maximum atomic E-state index is 4.83. The van der Waals surface area contributed by atoms with Crippen molar-refractivity contribution in [1.82, 2.24) is 9.97 Å². The first-order valence-electron chi connectivity index (χ1n) is 9.18. The van der Waals surface area contributed by atoms with Gasteiger partial charge >= 0.3 is 0 Å². The molecule has 2 aromatic rings. The Bertz CT molecular complexity index is 683. The zero-order chi connectivity index (χ0) is 16.9. The van der Waals surface area contributed by atoms with Crippen LogP contribution in [0.5, 0.6) is 0 Å². The Labute approximate surface area is 145 Å². The highest BCUT2D eigenvalue weighted by atomic mass is 15.2. The van der Waals surface area contributed by atoms with Gasteiger partial charge < -0.3 is 10.2 Å². The Hall–Kier alpha value is -2.10. The molecule has 0 aliphatic carbocycles. The molecular weight excluding hydrogens is 296 g/mol. The van der Waals surface area contributed by atoms with Crippen LogP contribution in [0.1, 0.15) is 50.8 Å². The summed E-state index contributed by atoms with van der Waals surface area (Å²) in [7, 11) is 0. The number of hydrogen-bond acceptors (Lipinski definition) is 4. The number of nitrogens with one attached hydrogen (secondary N) is 1. The summed E-state index contributed by atoms with van der Waals surface area (Å²) in [6.45, 7) is 7.59. The summed E-state index contributed by atoms with van der Waals surface area (Å²) < 4.78 is 0. The number of anilines is 3. The van der Waals surface area contributed by atoms with Crippen LogP contribution < -0.4 is 10.2 Å². The van der Waals surface area contributed by atoms with Gasteiger partial charge in [-0.15, -0.1) is 0 Å². The lowest BCUT2D eigenvalue weighted by Crippen LogP contribution is -2.39. The predicted octanol–water partition coefficient (Wildman–Crippen LogP) is 4.86. The van der Waals surface area contributed by atoms with Crippen LogP contribution in [0, 0.1) is 6.92 Å². The van der Waals surface area contributed by atoms with E-state index in [2.05, 4.69) is 59.4 Å². The molecular formula is C20H28N4. The summed E-state index contributed by atoms with van der Waals surface area (Å²) in [5.41, 5.74) is 3.40. The van der Waals surface area contributed by atoms with Gasteiger partial charge in [-0.05, 0) is 50.7 Å². The first kappa shape index (κ1) is 16.7. The van der Waals surface area contributed by atoms with Crippen molar-refractivity contribution in [3.8, 4) is 0 Å². The van der Waals surface area contributed by atoms with E-state index in [0.29, 0.717) is 12.0 Å². The number of hydrogen-bond donors (Lipinski definition) is 1. The van der Waals surface area contributed by atoms with Gasteiger partial charge in [-0.25, -0.2) is 4.98 Å². The lowest BCUT2D eigenvalue weighted by atomic mass is 10.00. The molecule has 4 heteroatoms. The Morgan fingerprint density at radius 2 is 2.00 bits per heavy atom. The predicted molar refractivity (Wildman–Crippen MR) is 101 cm³/mol. The highest BCUT2D eigenvalue weighted by Gasteiger charge is 2.22.